The van der Waals surface area contributed by atoms with E-state index in [1.807, 2.05) is 12.1 Å². The molecular weight excluding hydrogens is 240 g/mol. The number of nitrogens with zero attached hydrogens (tertiary/aromatic N) is 2. The van der Waals surface area contributed by atoms with E-state index in [2.05, 4.69) is 0 Å². The molecule has 2 rings (SSSR count). The van der Waals surface area contributed by atoms with E-state index >= 15 is 0 Å². The summed E-state index contributed by atoms with van der Waals surface area (Å²) in [5, 5.41) is 17.7. The van der Waals surface area contributed by atoms with Gasteiger partial charge >= 0.3 is 0 Å². The van der Waals surface area contributed by atoms with Gasteiger partial charge in [0.25, 0.3) is 0 Å². The molecule has 0 saturated heterocycles. The van der Waals surface area contributed by atoms with Crippen LogP contribution in [0.4, 0.5) is 0 Å². The Kier molecular flexibility index (Phi) is 3.56. The number of benzene rings is 2. The first kappa shape index (κ1) is 12.3. The van der Waals surface area contributed by atoms with Crippen molar-refractivity contribution in [1.29, 1.82) is 10.5 Å². The molecule has 0 fully saturated rings. The third-order valence-electron chi connectivity index (χ3n) is 2.46. The maximum Gasteiger partial charge on any atom is 0.150 e. The normalized spacial score (nSPS) is 9.16. The van der Waals surface area contributed by atoms with Gasteiger partial charge in [0.1, 0.15) is 29.9 Å². The lowest BCUT2D eigenvalue weighted by Gasteiger charge is -2.06. The number of hydrogen-bond acceptors (Lipinski definition) is 4. The highest BCUT2D eigenvalue weighted by molar-refractivity contribution is 5.75. The standard InChI is InChI=1S/C15H8N2O2/c16-8-12-4-5-15(7-13(12)9-17)19-14-3-1-2-11(6-14)10-18/h1-7,10H. The molecule has 90 valence electrons. The summed E-state index contributed by atoms with van der Waals surface area (Å²) in [6.07, 6.45) is 0.729. The molecule has 19 heavy (non-hydrogen) atoms. The lowest BCUT2D eigenvalue weighted by Crippen LogP contribution is -1.89. The molecule has 0 aromatic heterocycles. The molecule has 0 aliphatic heterocycles. The molecule has 4 nitrogen and oxygen atoms in total. The first-order valence-electron chi connectivity index (χ1n) is 5.44. The molecule has 0 saturated carbocycles. The van der Waals surface area contributed by atoms with Crippen molar-refractivity contribution >= 4 is 6.29 Å². The second-order valence-corrected chi connectivity index (χ2v) is 3.72. The lowest BCUT2D eigenvalue weighted by atomic mass is 10.1. The monoisotopic (exact) mass is 248 g/mol. The van der Waals surface area contributed by atoms with Crippen LogP contribution in [0, 0.1) is 22.7 Å². The summed E-state index contributed by atoms with van der Waals surface area (Å²) in [7, 11) is 0. The van der Waals surface area contributed by atoms with Gasteiger partial charge in [0.2, 0.25) is 0 Å². The highest BCUT2D eigenvalue weighted by atomic mass is 16.5. The zero-order valence-electron chi connectivity index (χ0n) is 9.83. The Morgan fingerprint density at radius 1 is 0.947 bits per heavy atom. The van der Waals surface area contributed by atoms with E-state index in [0.29, 0.717) is 22.6 Å². The molecule has 0 N–H and O–H groups in total. The Bertz CT molecular complexity index is 709. The van der Waals surface area contributed by atoms with Crippen LogP contribution in [0.3, 0.4) is 0 Å². The SMILES string of the molecule is N#Cc1ccc(Oc2cccc(C=O)c2)cc1C#N. The van der Waals surface area contributed by atoms with Crippen LogP contribution in [0.1, 0.15) is 21.5 Å². The molecule has 0 aliphatic carbocycles. The minimum absolute atomic E-state index is 0.256. The minimum Gasteiger partial charge on any atom is -0.457 e. The van der Waals surface area contributed by atoms with Gasteiger partial charge in [0.05, 0.1) is 11.1 Å². The fraction of sp³-hybridized carbons (Fsp3) is 0. The first-order chi connectivity index (χ1) is 9.26. The molecular formula is C15H8N2O2. The zero-order chi connectivity index (χ0) is 13.7. The van der Waals surface area contributed by atoms with Crippen molar-refractivity contribution < 1.29 is 9.53 Å². The number of rotatable bonds is 3. The van der Waals surface area contributed by atoms with Crippen LogP contribution in [-0.4, -0.2) is 6.29 Å². The second kappa shape index (κ2) is 5.48. The van der Waals surface area contributed by atoms with Gasteiger partial charge in [0, 0.05) is 5.56 Å². The van der Waals surface area contributed by atoms with E-state index in [-0.39, 0.29) is 5.56 Å². The van der Waals surface area contributed by atoms with Gasteiger partial charge in [-0.1, -0.05) is 12.1 Å². The molecule has 0 bridgehead atoms. The number of ether oxygens (including phenoxy) is 1. The van der Waals surface area contributed by atoms with Crippen molar-refractivity contribution in [2.45, 2.75) is 0 Å². The third-order valence-corrected chi connectivity index (χ3v) is 2.46. The molecule has 2 aromatic carbocycles. The van der Waals surface area contributed by atoms with E-state index in [1.54, 1.807) is 30.3 Å². The Morgan fingerprint density at radius 2 is 1.68 bits per heavy atom. The second-order valence-electron chi connectivity index (χ2n) is 3.72. The van der Waals surface area contributed by atoms with Crippen molar-refractivity contribution in [1.82, 2.24) is 0 Å². The molecule has 0 spiro atoms. The van der Waals surface area contributed by atoms with Gasteiger partial charge in [-0.2, -0.15) is 10.5 Å². The smallest absolute Gasteiger partial charge is 0.150 e. The van der Waals surface area contributed by atoms with Crippen LogP contribution in [0.15, 0.2) is 42.5 Å². The summed E-state index contributed by atoms with van der Waals surface area (Å²) in [5.41, 5.74) is 1.06. The van der Waals surface area contributed by atoms with E-state index in [4.69, 9.17) is 15.3 Å². The van der Waals surface area contributed by atoms with Crippen molar-refractivity contribution in [2.24, 2.45) is 0 Å². The van der Waals surface area contributed by atoms with Crippen molar-refractivity contribution in [3.05, 3.63) is 59.2 Å². The zero-order valence-corrected chi connectivity index (χ0v) is 9.83. The van der Waals surface area contributed by atoms with Crippen molar-refractivity contribution in [3.8, 4) is 23.6 Å². The van der Waals surface area contributed by atoms with E-state index in [9.17, 15) is 4.79 Å². The van der Waals surface area contributed by atoms with Crippen LogP contribution >= 0.6 is 0 Å². The molecule has 0 aliphatic rings. The van der Waals surface area contributed by atoms with Gasteiger partial charge in [-0.15, -0.1) is 0 Å². The molecule has 4 heteroatoms. The molecule has 0 radical (unpaired) electrons. The van der Waals surface area contributed by atoms with Crippen molar-refractivity contribution in [2.75, 3.05) is 0 Å². The summed E-state index contributed by atoms with van der Waals surface area (Å²) in [4.78, 5) is 10.7. The average Bonchev–Trinajstić information content (AvgIpc) is 2.47. The van der Waals surface area contributed by atoms with Crippen LogP contribution in [-0.2, 0) is 0 Å². The molecule has 0 unspecified atom stereocenters. The fourth-order valence-corrected chi connectivity index (χ4v) is 1.56. The number of nitriles is 2. The summed E-state index contributed by atoms with van der Waals surface area (Å²) >= 11 is 0. The fourth-order valence-electron chi connectivity index (χ4n) is 1.56. The molecule has 0 heterocycles. The first-order valence-corrected chi connectivity index (χ1v) is 5.44. The van der Waals surface area contributed by atoms with Gasteiger partial charge in [-0.05, 0) is 30.3 Å². The van der Waals surface area contributed by atoms with Crippen LogP contribution in [0.2, 0.25) is 0 Å². The van der Waals surface area contributed by atoms with Gasteiger partial charge in [0.15, 0.2) is 0 Å². The minimum atomic E-state index is 0.256. The Hall–Kier alpha value is -3.11. The number of carbonyl (C=O) groups excluding carboxylic acids is 1. The van der Waals surface area contributed by atoms with Crippen LogP contribution in [0.5, 0.6) is 11.5 Å². The number of hydrogen-bond donors (Lipinski definition) is 0. The number of aldehydes is 1. The van der Waals surface area contributed by atoms with Crippen LogP contribution in [0.25, 0.3) is 0 Å². The molecule has 0 amide bonds. The predicted octanol–water partition coefficient (Wildman–Crippen LogP) is 3.03. The Balaban J connectivity index is 2.31. The van der Waals surface area contributed by atoms with Gasteiger partial charge in [-0.3, -0.25) is 4.79 Å². The van der Waals surface area contributed by atoms with Gasteiger partial charge in [-0.25, -0.2) is 0 Å². The molecule has 2 aromatic rings. The maximum absolute atomic E-state index is 10.7. The number of carbonyl (C=O) groups is 1. The van der Waals surface area contributed by atoms with E-state index in [0.717, 1.165) is 6.29 Å². The summed E-state index contributed by atoms with van der Waals surface area (Å²) in [6, 6.07) is 15.2. The Morgan fingerprint density at radius 3 is 2.37 bits per heavy atom. The van der Waals surface area contributed by atoms with Gasteiger partial charge < -0.3 is 4.74 Å². The van der Waals surface area contributed by atoms with Crippen molar-refractivity contribution in [3.63, 3.8) is 0 Å². The predicted molar refractivity (Wildman–Crippen MR) is 67.8 cm³/mol. The quantitative estimate of drug-likeness (QED) is 0.782. The highest BCUT2D eigenvalue weighted by Crippen LogP contribution is 2.24. The summed E-state index contributed by atoms with van der Waals surface area (Å²) in [5.74, 6) is 0.941. The van der Waals surface area contributed by atoms with E-state index in [1.165, 1.54) is 12.1 Å². The highest BCUT2D eigenvalue weighted by Gasteiger charge is 2.05. The summed E-state index contributed by atoms with van der Waals surface area (Å²) in [6.45, 7) is 0. The van der Waals surface area contributed by atoms with Crippen LogP contribution < -0.4 is 4.74 Å². The van der Waals surface area contributed by atoms with E-state index < -0.39 is 0 Å². The molecule has 0 atom stereocenters. The maximum atomic E-state index is 10.7. The summed E-state index contributed by atoms with van der Waals surface area (Å²) < 4.78 is 5.54. The lowest BCUT2D eigenvalue weighted by molar-refractivity contribution is 0.112. The third kappa shape index (κ3) is 2.77. The topological polar surface area (TPSA) is 73.9 Å². The Labute approximate surface area is 110 Å². The largest absolute Gasteiger partial charge is 0.457 e. The average molecular weight is 248 g/mol.